The summed E-state index contributed by atoms with van der Waals surface area (Å²) in [6, 6.07) is 12.4. The lowest BCUT2D eigenvalue weighted by Crippen LogP contribution is -2.34. The Bertz CT molecular complexity index is 774. The summed E-state index contributed by atoms with van der Waals surface area (Å²) in [5.41, 5.74) is 2.17. The number of anilines is 2. The topological polar surface area (TPSA) is 52.6 Å². The first-order valence-electron chi connectivity index (χ1n) is 8.79. The van der Waals surface area contributed by atoms with Crippen LogP contribution in [0, 0.1) is 5.92 Å². The summed E-state index contributed by atoms with van der Waals surface area (Å²) in [5, 5.41) is 13.2. The molecule has 138 valence electrons. The van der Waals surface area contributed by atoms with Gasteiger partial charge in [-0.05, 0) is 61.6 Å². The molecule has 0 radical (unpaired) electrons. The molecule has 0 saturated carbocycles. The van der Waals surface area contributed by atoms with Gasteiger partial charge >= 0.3 is 0 Å². The highest BCUT2D eigenvalue weighted by atomic mass is 35.5. The van der Waals surface area contributed by atoms with Gasteiger partial charge in [0, 0.05) is 35.3 Å². The number of aliphatic hydroxyl groups is 1. The molecule has 1 fully saturated rings. The lowest BCUT2D eigenvalue weighted by atomic mass is 9.93. The first-order valence-corrected chi connectivity index (χ1v) is 9.54. The summed E-state index contributed by atoms with van der Waals surface area (Å²) in [6.45, 7) is 2.03. The van der Waals surface area contributed by atoms with Crippen LogP contribution in [0.2, 0.25) is 10.0 Å². The van der Waals surface area contributed by atoms with Crippen LogP contribution < -0.4 is 10.2 Å². The van der Waals surface area contributed by atoms with Crippen LogP contribution in [0.3, 0.4) is 0 Å². The molecule has 2 aromatic rings. The zero-order chi connectivity index (χ0) is 18.5. The molecule has 1 aliphatic heterocycles. The largest absolute Gasteiger partial charge is 0.396 e. The van der Waals surface area contributed by atoms with Gasteiger partial charge < -0.3 is 15.3 Å². The maximum Gasteiger partial charge on any atom is 0.255 e. The van der Waals surface area contributed by atoms with E-state index < -0.39 is 0 Å². The van der Waals surface area contributed by atoms with E-state index in [0.717, 1.165) is 38.0 Å². The van der Waals surface area contributed by atoms with Crippen LogP contribution in [0.4, 0.5) is 11.4 Å². The number of carbonyl (C=O) groups excluding carboxylic acids is 1. The molecule has 2 aromatic carbocycles. The quantitative estimate of drug-likeness (QED) is 0.764. The number of amides is 1. The second kappa shape index (κ2) is 8.76. The maximum absolute atomic E-state index is 12.6. The normalized spacial score (nSPS) is 15.1. The van der Waals surface area contributed by atoms with Crippen LogP contribution in [-0.2, 0) is 0 Å². The monoisotopic (exact) mass is 392 g/mol. The Morgan fingerprint density at radius 3 is 2.54 bits per heavy atom. The number of carbonyl (C=O) groups is 1. The van der Waals surface area contributed by atoms with E-state index in [0.29, 0.717) is 27.2 Å². The van der Waals surface area contributed by atoms with Crippen LogP contribution in [0.5, 0.6) is 0 Å². The second-order valence-corrected chi connectivity index (χ2v) is 7.44. The molecule has 0 unspecified atom stereocenters. The highest BCUT2D eigenvalue weighted by molar-refractivity contribution is 6.31. The van der Waals surface area contributed by atoms with E-state index in [2.05, 4.69) is 10.2 Å². The van der Waals surface area contributed by atoms with Gasteiger partial charge in [0.15, 0.2) is 0 Å². The van der Waals surface area contributed by atoms with Gasteiger partial charge in [-0.25, -0.2) is 0 Å². The summed E-state index contributed by atoms with van der Waals surface area (Å²) >= 11 is 12.1. The number of nitrogens with one attached hydrogen (secondary N) is 1. The summed E-state index contributed by atoms with van der Waals surface area (Å²) < 4.78 is 0. The lowest BCUT2D eigenvalue weighted by molar-refractivity contribution is 0.102. The smallest absolute Gasteiger partial charge is 0.255 e. The van der Waals surface area contributed by atoms with E-state index in [4.69, 9.17) is 28.3 Å². The summed E-state index contributed by atoms with van der Waals surface area (Å²) in [4.78, 5) is 14.9. The lowest BCUT2D eigenvalue weighted by Gasteiger charge is -2.34. The van der Waals surface area contributed by atoms with Crippen molar-refractivity contribution in [3.63, 3.8) is 0 Å². The van der Waals surface area contributed by atoms with E-state index in [9.17, 15) is 4.79 Å². The van der Waals surface area contributed by atoms with Crippen LogP contribution in [0.15, 0.2) is 42.5 Å². The van der Waals surface area contributed by atoms with Crippen molar-refractivity contribution < 1.29 is 9.90 Å². The number of benzene rings is 2. The van der Waals surface area contributed by atoms with Gasteiger partial charge in [0.05, 0.1) is 11.4 Å². The minimum absolute atomic E-state index is 0.216. The van der Waals surface area contributed by atoms with Crippen LogP contribution in [0.25, 0.3) is 0 Å². The Labute approximate surface area is 163 Å². The summed E-state index contributed by atoms with van der Waals surface area (Å²) in [6.07, 6.45) is 2.92. The van der Waals surface area contributed by atoms with Crippen molar-refractivity contribution in [1.82, 2.24) is 0 Å². The summed E-state index contributed by atoms with van der Waals surface area (Å²) in [5.74, 6) is 0.347. The average Bonchev–Trinajstić information content (AvgIpc) is 2.63. The number of aliphatic hydroxyl groups excluding tert-OH is 1. The molecule has 3 rings (SSSR count). The van der Waals surface area contributed by atoms with E-state index >= 15 is 0 Å². The van der Waals surface area contributed by atoms with Gasteiger partial charge in [0.25, 0.3) is 5.91 Å². The van der Waals surface area contributed by atoms with Gasteiger partial charge in [-0.1, -0.05) is 29.3 Å². The highest BCUT2D eigenvalue weighted by Gasteiger charge is 2.21. The molecule has 1 saturated heterocycles. The first-order chi connectivity index (χ1) is 12.6. The zero-order valence-corrected chi connectivity index (χ0v) is 15.9. The Morgan fingerprint density at radius 2 is 1.85 bits per heavy atom. The molecular weight excluding hydrogens is 371 g/mol. The van der Waals surface area contributed by atoms with Crippen molar-refractivity contribution in [2.24, 2.45) is 5.92 Å². The minimum Gasteiger partial charge on any atom is -0.396 e. The van der Waals surface area contributed by atoms with Crippen molar-refractivity contribution in [3.8, 4) is 0 Å². The van der Waals surface area contributed by atoms with Crippen molar-refractivity contribution >= 4 is 40.5 Å². The predicted octanol–water partition coefficient (Wildman–Crippen LogP) is 4.84. The fraction of sp³-hybridized carbons (Fsp3) is 0.350. The third-order valence-corrected chi connectivity index (χ3v) is 5.26. The van der Waals surface area contributed by atoms with Crippen LogP contribution >= 0.6 is 23.2 Å². The molecular formula is C20H22Cl2N2O2. The fourth-order valence-corrected chi connectivity index (χ4v) is 3.72. The minimum atomic E-state index is -0.216. The van der Waals surface area contributed by atoms with Crippen molar-refractivity contribution in [1.29, 1.82) is 0 Å². The molecule has 4 nitrogen and oxygen atoms in total. The molecule has 2 N–H and O–H groups in total. The molecule has 0 aliphatic carbocycles. The molecule has 0 spiro atoms. The second-order valence-electron chi connectivity index (χ2n) is 6.57. The Hall–Kier alpha value is -1.75. The van der Waals surface area contributed by atoms with Gasteiger partial charge in [0.2, 0.25) is 0 Å². The van der Waals surface area contributed by atoms with Crippen molar-refractivity contribution in [2.75, 3.05) is 29.9 Å². The van der Waals surface area contributed by atoms with E-state index in [1.54, 1.807) is 30.3 Å². The molecule has 6 heteroatoms. The molecule has 1 amide bonds. The molecule has 0 atom stereocenters. The van der Waals surface area contributed by atoms with Gasteiger partial charge in [-0.3, -0.25) is 4.79 Å². The van der Waals surface area contributed by atoms with Crippen LogP contribution in [-0.4, -0.2) is 30.7 Å². The zero-order valence-electron chi connectivity index (χ0n) is 14.4. The third-order valence-electron chi connectivity index (χ3n) is 4.79. The molecule has 26 heavy (non-hydrogen) atoms. The standard InChI is InChI=1S/C20H22Cl2N2O2/c21-16-3-1-2-15(12-16)20(26)23-18-13-17(22)4-5-19(18)24-9-6-14(7-10-24)8-11-25/h1-5,12-14,25H,6-11H2,(H,23,26). The summed E-state index contributed by atoms with van der Waals surface area (Å²) in [7, 11) is 0. The Balaban J connectivity index is 1.77. The number of rotatable bonds is 5. The molecule has 0 bridgehead atoms. The predicted molar refractivity (Wildman–Crippen MR) is 107 cm³/mol. The number of nitrogens with zero attached hydrogens (tertiary/aromatic N) is 1. The van der Waals surface area contributed by atoms with E-state index in [-0.39, 0.29) is 12.5 Å². The average molecular weight is 393 g/mol. The van der Waals surface area contributed by atoms with Crippen molar-refractivity contribution in [2.45, 2.75) is 19.3 Å². The number of piperidine rings is 1. The first kappa shape index (κ1) is 19.0. The van der Waals surface area contributed by atoms with E-state index in [1.165, 1.54) is 0 Å². The van der Waals surface area contributed by atoms with E-state index in [1.807, 2.05) is 12.1 Å². The Morgan fingerprint density at radius 1 is 1.12 bits per heavy atom. The number of hydrogen-bond donors (Lipinski definition) is 2. The van der Waals surface area contributed by atoms with Crippen LogP contribution in [0.1, 0.15) is 29.6 Å². The maximum atomic E-state index is 12.6. The highest BCUT2D eigenvalue weighted by Crippen LogP contribution is 2.33. The molecule has 0 aromatic heterocycles. The SMILES string of the molecule is O=C(Nc1cc(Cl)ccc1N1CCC(CCO)CC1)c1cccc(Cl)c1. The molecule has 1 heterocycles. The molecule has 1 aliphatic rings. The van der Waals surface area contributed by atoms with Gasteiger partial charge in [0.1, 0.15) is 0 Å². The third kappa shape index (κ3) is 4.70. The number of hydrogen-bond acceptors (Lipinski definition) is 3. The fourth-order valence-electron chi connectivity index (χ4n) is 3.35. The number of halogens is 2. The Kier molecular flexibility index (Phi) is 6.41. The van der Waals surface area contributed by atoms with Crippen molar-refractivity contribution in [3.05, 3.63) is 58.1 Å². The van der Waals surface area contributed by atoms with Gasteiger partial charge in [-0.15, -0.1) is 0 Å². The van der Waals surface area contributed by atoms with Gasteiger partial charge in [-0.2, -0.15) is 0 Å².